The highest BCUT2D eigenvalue weighted by Crippen LogP contribution is 2.32. The van der Waals surface area contributed by atoms with Crippen LogP contribution in [0.4, 0.5) is 5.95 Å². The standard InChI is InChI=1S/C22H17ClN6.C7H8O3S/c1-15-25-26-22-28(14-16-9-11-24-12-10-16)27-21(17-5-3-2-4-6-17)19-13-18(23)7-8-20(19)29(15)22;1-6-2-4-7(5-3-6)11(8,9)10/h2-13H,14H2,1H3;2-5H,1H3,(H,8,9,10). The summed E-state index contributed by atoms with van der Waals surface area (Å²) in [7, 11) is -4.02. The van der Waals surface area contributed by atoms with E-state index < -0.39 is 10.1 Å². The summed E-state index contributed by atoms with van der Waals surface area (Å²) in [6, 6.07) is 25.9. The van der Waals surface area contributed by atoms with Gasteiger partial charge in [-0.2, -0.15) is 13.5 Å². The number of pyridine rings is 1. The van der Waals surface area contributed by atoms with Crippen molar-refractivity contribution in [3.8, 4) is 5.69 Å². The molecule has 40 heavy (non-hydrogen) atoms. The summed E-state index contributed by atoms with van der Waals surface area (Å²) >= 11 is 6.37. The van der Waals surface area contributed by atoms with Crippen LogP contribution in [-0.4, -0.2) is 38.4 Å². The maximum Gasteiger partial charge on any atom is 0.294 e. The molecule has 11 heteroatoms. The van der Waals surface area contributed by atoms with Crippen molar-refractivity contribution in [3.05, 3.63) is 130 Å². The molecule has 0 unspecified atom stereocenters. The fraction of sp³-hybridized carbons (Fsp3) is 0.103. The molecule has 0 radical (unpaired) electrons. The van der Waals surface area contributed by atoms with Gasteiger partial charge in [0.15, 0.2) is 0 Å². The van der Waals surface area contributed by atoms with Crippen LogP contribution >= 0.6 is 11.6 Å². The lowest BCUT2D eigenvalue weighted by atomic mass is 10.0. The Morgan fingerprint density at radius 3 is 2.25 bits per heavy atom. The molecule has 6 rings (SSSR count). The molecule has 0 spiro atoms. The second-order valence-corrected chi connectivity index (χ2v) is 10.9. The molecule has 202 valence electrons. The lowest BCUT2D eigenvalue weighted by molar-refractivity contribution is 0.483. The average Bonchev–Trinajstić information content (AvgIpc) is 3.27. The minimum absolute atomic E-state index is 0.0666. The van der Waals surface area contributed by atoms with Crippen molar-refractivity contribution in [2.45, 2.75) is 25.3 Å². The summed E-state index contributed by atoms with van der Waals surface area (Å²) in [5.74, 6) is 1.45. The molecular weight excluding hydrogens is 548 g/mol. The van der Waals surface area contributed by atoms with Crippen LogP contribution < -0.4 is 5.01 Å². The lowest BCUT2D eigenvalue weighted by Gasteiger charge is -2.17. The van der Waals surface area contributed by atoms with Crippen molar-refractivity contribution in [1.29, 1.82) is 0 Å². The molecule has 0 aliphatic carbocycles. The summed E-state index contributed by atoms with van der Waals surface area (Å²) in [5.41, 5.74) is 5.76. The van der Waals surface area contributed by atoms with Crippen molar-refractivity contribution >= 4 is 33.4 Å². The third-order valence-corrected chi connectivity index (χ3v) is 7.26. The second-order valence-electron chi connectivity index (χ2n) is 9.06. The molecule has 0 saturated carbocycles. The molecule has 1 aliphatic rings. The highest BCUT2D eigenvalue weighted by Gasteiger charge is 2.26. The molecule has 0 bridgehead atoms. The van der Waals surface area contributed by atoms with Crippen LogP contribution in [-0.2, 0) is 16.7 Å². The van der Waals surface area contributed by atoms with E-state index in [0.29, 0.717) is 17.5 Å². The number of rotatable bonds is 4. The van der Waals surface area contributed by atoms with Gasteiger partial charge in [0.2, 0.25) is 0 Å². The topological polar surface area (TPSA) is 114 Å². The van der Waals surface area contributed by atoms with Gasteiger partial charge in [0.05, 0.1) is 17.1 Å². The number of benzene rings is 3. The smallest absolute Gasteiger partial charge is 0.282 e. The molecule has 2 aromatic heterocycles. The van der Waals surface area contributed by atoms with Crippen LogP contribution in [0.2, 0.25) is 5.02 Å². The number of hydrogen-bond acceptors (Lipinski definition) is 7. The lowest BCUT2D eigenvalue weighted by Crippen LogP contribution is -2.20. The molecule has 0 saturated heterocycles. The maximum absolute atomic E-state index is 10.5. The van der Waals surface area contributed by atoms with E-state index in [1.807, 2.05) is 84.1 Å². The molecule has 0 amide bonds. The van der Waals surface area contributed by atoms with Gasteiger partial charge in [0.1, 0.15) is 11.5 Å². The van der Waals surface area contributed by atoms with Gasteiger partial charge in [-0.3, -0.25) is 14.1 Å². The number of halogens is 1. The van der Waals surface area contributed by atoms with Gasteiger partial charge < -0.3 is 0 Å². The molecule has 1 aliphatic heterocycles. The van der Waals surface area contributed by atoms with Crippen molar-refractivity contribution in [1.82, 2.24) is 19.7 Å². The fourth-order valence-corrected chi connectivity index (χ4v) is 4.85. The average molecular weight is 573 g/mol. The van der Waals surface area contributed by atoms with Gasteiger partial charge in [-0.25, -0.2) is 5.01 Å². The Labute approximate surface area is 237 Å². The molecule has 9 nitrogen and oxygen atoms in total. The first kappa shape index (κ1) is 27.2. The third-order valence-electron chi connectivity index (χ3n) is 6.16. The van der Waals surface area contributed by atoms with E-state index in [4.69, 9.17) is 21.3 Å². The fourth-order valence-electron chi connectivity index (χ4n) is 4.20. The number of anilines is 1. The van der Waals surface area contributed by atoms with E-state index in [1.165, 1.54) is 12.1 Å². The van der Waals surface area contributed by atoms with Crippen LogP contribution in [0.1, 0.15) is 28.1 Å². The molecule has 3 heterocycles. The van der Waals surface area contributed by atoms with Crippen LogP contribution in [0.25, 0.3) is 5.69 Å². The van der Waals surface area contributed by atoms with Gasteiger partial charge in [0.25, 0.3) is 16.1 Å². The van der Waals surface area contributed by atoms with E-state index in [1.54, 1.807) is 24.5 Å². The van der Waals surface area contributed by atoms with Gasteiger partial charge in [-0.1, -0.05) is 59.6 Å². The zero-order valence-electron chi connectivity index (χ0n) is 21.7. The first-order valence-corrected chi connectivity index (χ1v) is 14.1. The quantitative estimate of drug-likeness (QED) is 0.277. The molecule has 5 aromatic rings. The Balaban J connectivity index is 0.000000248. The van der Waals surface area contributed by atoms with E-state index >= 15 is 0 Å². The number of hydrazone groups is 1. The summed E-state index contributed by atoms with van der Waals surface area (Å²) in [6.45, 7) is 4.32. The van der Waals surface area contributed by atoms with E-state index in [0.717, 1.165) is 39.5 Å². The molecule has 0 fully saturated rings. The van der Waals surface area contributed by atoms with Crippen LogP contribution in [0.5, 0.6) is 0 Å². The molecule has 1 N–H and O–H groups in total. The second kappa shape index (κ2) is 11.4. The zero-order valence-corrected chi connectivity index (χ0v) is 23.3. The van der Waals surface area contributed by atoms with Gasteiger partial charge in [0, 0.05) is 28.5 Å². The maximum atomic E-state index is 10.5. The van der Waals surface area contributed by atoms with Crippen LogP contribution in [0.15, 0.2) is 107 Å². The predicted octanol–water partition coefficient (Wildman–Crippen LogP) is 5.64. The van der Waals surface area contributed by atoms with Crippen molar-refractivity contribution in [2.75, 3.05) is 5.01 Å². The van der Waals surface area contributed by atoms with E-state index in [9.17, 15) is 8.42 Å². The Morgan fingerprint density at radius 2 is 1.57 bits per heavy atom. The number of hydrogen-bond donors (Lipinski definition) is 1. The van der Waals surface area contributed by atoms with Crippen LogP contribution in [0, 0.1) is 13.8 Å². The highest BCUT2D eigenvalue weighted by atomic mass is 35.5. The Kier molecular flexibility index (Phi) is 7.74. The third kappa shape index (κ3) is 5.94. The van der Waals surface area contributed by atoms with Crippen molar-refractivity contribution in [2.24, 2.45) is 5.10 Å². The zero-order chi connectivity index (χ0) is 28.3. The first-order chi connectivity index (χ1) is 19.2. The summed E-state index contributed by atoms with van der Waals surface area (Å²) in [5, 5.41) is 16.3. The van der Waals surface area contributed by atoms with Crippen LogP contribution in [0.3, 0.4) is 0 Å². The largest absolute Gasteiger partial charge is 0.294 e. The van der Waals surface area contributed by atoms with E-state index in [2.05, 4.69) is 15.2 Å². The van der Waals surface area contributed by atoms with Crippen molar-refractivity contribution in [3.63, 3.8) is 0 Å². The number of aryl methyl sites for hydroxylation is 2. The summed E-state index contributed by atoms with van der Waals surface area (Å²) in [4.78, 5) is 4.04. The van der Waals surface area contributed by atoms with E-state index in [-0.39, 0.29) is 4.90 Å². The molecular formula is C29H25ClN6O3S. The number of fused-ring (bicyclic) bond motifs is 3. The monoisotopic (exact) mass is 572 g/mol. The van der Waals surface area contributed by atoms with Gasteiger partial charge >= 0.3 is 0 Å². The number of nitrogens with zero attached hydrogens (tertiary/aromatic N) is 6. The minimum Gasteiger partial charge on any atom is -0.282 e. The number of aromatic nitrogens is 4. The first-order valence-electron chi connectivity index (χ1n) is 12.3. The van der Waals surface area contributed by atoms with Crippen molar-refractivity contribution < 1.29 is 13.0 Å². The van der Waals surface area contributed by atoms with Gasteiger partial charge in [-0.05, 0) is 61.9 Å². The normalized spacial score (nSPS) is 12.4. The Bertz CT molecular complexity index is 1770. The Morgan fingerprint density at radius 1 is 0.875 bits per heavy atom. The predicted molar refractivity (Wildman–Crippen MR) is 155 cm³/mol. The molecule has 3 aromatic carbocycles. The van der Waals surface area contributed by atoms with Gasteiger partial charge in [-0.15, -0.1) is 10.2 Å². The highest BCUT2D eigenvalue weighted by molar-refractivity contribution is 7.85. The summed E-state index contributed by atoms with van der Waals surface area (Å²) in [6.07, 6.45) is 3.55. The molecule has 0 atom stereocenters. The minimum atomic E-state index is -4.02. The summed E-state index contributed by atoms with van der Waals surface area (Å²) < 4.78 is 31.6. The SMILES string of the molecule is Cc1ccc(S(=O)(=O)O)cc1.Cc1nnc2n1-c1ccc(Cl)cc1C(c1ccccc1)=NN2Cc1ccncc1. The Hall–Kier alpha value is -4.38.